The molecule has 0 amide bonds. The maximum atomic E-state index is 13.2. The summed E-state index contributed by atoms with van der Waals surface area (Å²) in [6, 6.07) is 19.5. The number of para-hydroxylation sites is 3. The van der Waals surface area contributed by atoms with Gasteiger partial charge in [-0.2, -0.15) is 8.75 Å². The van der Waals surface area contributed by atoms with Crippen LogP contribution in [0, 0.1) is 0 Å². The van der Waals surface area contributed by atoms with E-state index < -0.39 is 10.0 Å². The van der Waals surface area contributed by atoms with Gasteiger partial charge in [-0.15, -0.1) is 0 Å². The first-order valence-corrected chi connectivity index (χ1v) is 12.0. The van der Waals surface area contributed by atoms with Crippen molar-refractivity contribution >= 4 is 77.1 Å². The molecule has 0 aliphatic heterocycles. The third kappa shape index (κ3) is 3.82. The summed E-state index contributed by atoms with van der Waals surface area (Å²) in [4.78, 5) is 9.14. The zero-order valence-corrected chi connectivity index (χ0v) is 18.9. The number of nitrogens with zero attached hydrogens (tertiary/aromatic N) is 4. The molecule has 2 aromatic heterocycles. The molecule has 2 N–H and O–H groups in total. The van der Waals surface area contributed by atoms with E-state index >= 15 is 0 Å². The number of sulfonamides is 1. The molecule has 31 heavy (non-hydrogen) atoms. The van der Waals surface area contributed by atoms with Crippen molar-refractivity contribution in [3.63, 3.8) is 0 Å². The van der Waals surface area contributed by atoms with Gasteiger partial charge in [0.1, 0.15) is 15.9 Å². The molecule has 0 atom stereocenters. The van der Waals surface area contributed by atoms with Gasteiger partial charge in [-0.3, -0.25) is 4.72 Å². The summed E-state index contributed by atoms with van der Waals surface area (Å²) >= 11 is 4.45. The fourth-order valence-electron chi connectivity index (χ4n) is 3.03. The number of anilines is 3. The monoisotopic (exact) mass is 512 g/mol. The lowest BCUT2D eigenvalue weighted by atomic mass is 10.3. The summed E-state index contributed by atoms with van der Waals surface area (Å²) in [6.07, 6.45) is 0. The lowest BCUT2D eigenvalue weighted by Gasteiger charge is -2.14. The first-order valence-electron chi connectivity index (χ1n) is 9.04. The van der Waals surface area contributed by atoms with E-state index in [4.69, 9.17) is 0 Å². The first kappa shape index (κ1) is 19.8. The van der Waals surface area contributed by atoms with Gasteiger partial charge in [-0.05, 0) is 52.3 Å². The Kier molecular flexibility index (Phi) is 5.00. The molecule has 3 aromatic carbocycles. The quantitative estimate of drug-likeness (QED) is 0.343. The summed E-state index contributed by atoms with van der Waals surface area (Å²) in [6.45, 7) is 0. The molecule has 0 bridgehead atoms. The average Bonchev–Trinajstić information content (AvgIpc) is 3.24. The highest BCUT2D eigenvalue weighted by atomic mass is 79.9. The van der Waals surface area contributed by atoms with Crippen molar-refractivity contribution in [2.75, 3.05) is 10.0 Å². The van der Waals surface area contributed by atoms with Crippen molar-refractivity contribution in [3.8, 4) is 0 Å². The van der Waals surface area contributed by atoms with Crippen molar-refractivity contribution in [1.29, 1.82) is 0 Å². The Labute approximate surface area is 189 Å². The minimum absolute atomic E-state index is 0.0283. The average molecular weight is 513 g/mol. The third-order valence-corrected chi connectivity index (χ3v) is 7.07. The molecule has 0 aliphatic carbocycles. The number of fused-ring (bicyclic) bond motifs is 2. The molecular formula is C20H13BrN6O2S2. The standard InChI is InChI=1S/C20H13BrN6O2S2/c21-12-6-1-2-7-13(12)22-19-20(24-15-9-4-3-8-14(15)23-19)27-31(28,29)17-11-5-10-16-18(17)26-30-25-16/h1-11H,(H,22,23)(H,24,27). The molecule has 0 saturated heterocycles. The van der Waals surface area contributed by atoms with Crippen LogP contribution >= 0.6 is 27.7 Å². The predicted molar refractivity (Wildman–Crippen MR) is 125 cm³/mol. The van der Waals surface area contributed by atoms with Crippen LogP contribution in [0.5, 0.6) is 0 Å². The first-order chi connectivity index (χ1) is 15.0. The molecule has 0 radical (unpaired) electrons. The second kappa shape index (κ2) is 7.84. The Hall–Kier alpha value is -3.15. The fourth-order valence-corrected chi connectivity index (χ4v) is 5.19. The Morgan fingerprint density at radius 1 is 0.774 bits per heavy atom. The van der Waals surface area contributed by atoms with Crippen LogP contribution in [0.4, 0.5) is 17.3 Å². The van der Waals surface area contributed by atoms with Crippen LogP contribution in [0.15, 0.2) is 76.1 Å². The van der Waals surface area contributed by atoms with Crippen molar-refractivity contribution in [2.45, 2.75) is 4.90 Å². The van der Waals surface area contributed by atoms with Crippen molar-refractivity contribution in [2.24, 2.45) is 0 Å². The number of hydrogen-bond donors (Lipinski definition) is 2. The summed E-state index contributed by atoms with van der Waals surface area (Å²) in [5, 5.41) is 3.17. The van der Waals surface area contributed by atoms with Crippen LogP contribution in [0.3, 0.4) is 0 Å². The van der Waals surface area contributed by atoms with Crippen LogP contribution in [-0.4, -0.2) is 27.1 Å². The second-order valence-corrected chi connectivity index (χ2v) is 9.54. The van der Waals surface area contributed by atoms with Gasteiger partial charge < -0.3 is 5.32 Å². The molecular weight excluding hydrogens is 500 g/mol. The smallest absolute Gasteiger partial charge is 0.265 e. The van der Waals surface area contributed by atoms with Gasteiger partial charge in [0, 0.05) is 4.47 Å². The van der Waals surface area contributed by atoms with Crippen LogP contribution in [0.1, 0.15) is 0 Å². The zero-order chi connectivity index (χ0) is 21.4. The summed E-state index contributed by atoms with van der Waals surface area (Å²) < 4.78 is 38.1. The van der Waals surface area contributed by atoms with Gasteiger partial charge >= 0.3 is 0 Å². The summed E-state index contributed by atoms with van der Waals surface area (Å²) in [5.74, 6) is 0.354. The molecule has 0 unspecified atom stereocenters. The van der Waals surface area contributed by atoms with Gasteiger partial charge in [0.2, 0.25) is 0 Å². The van der Waals surface area contributed by atoms with Crippen molar-refractivity contribution in [1.82, 2.24) is 18.7 Å². The van der Waals surface area contributed by atoms with Crippen LogP contribution in [0.2, 0.25) is 0 Å². The minimum Gasteiger partial charge on any atom is -0.336 e. The molecule has 0 saturated carbocycles. The Morgan fingerprint density at radius 2 is 1.45 bits per heavy atom. The Balaban J connectivity index is 1.63. The van der Waals surface area contributed by atoms with Gasteiger partial charge in [0.15, 0.2) is 11.6 Å². The van der Waals surface area contributed by atoms with Gasteiger partial charge in [-0.25, -0.2) is 18.4 Å². The van der Waals surface area contributed by atoms with E-state index in [0.29, 0.717) is 22.1 Å². The predicted octanol–water partition coefficient (Wildman–Crippen LogP) is 4.94. The largest absolute Gasteiger partial charge is 0.336 e. The van der Waals surface area contributed by atoms with E-state index in [1.165, 1.54) is 6.07 Å². The molecule has 8 nitrogen and oxygen atoms in total. The van der Waals surface area contributed by atoms with E-state index in [-0.39, 0.29) is 16.5 Å². The van der Waals surface area contributed by atoms with E-state index in [1.54, 1.807) is 18.2 Å². The van der Waals surface area contributed by atoms with Crippen molar-refractivity contribution < 1.29 is 8.42 Å². The van der Waals surface area contributed by atoms with Crippen LogP contribution < -0.4 is 10.0 Å². The lowest BCUT2D eigenvalue weighted by molar-refractivity contribution is 0.602. The second-order valence-electron chi connectivity index (χ2n) is 6.51. The highest BCUT2D eigenvalue weighted by Gasteiger charge is 2.23. The summed E-state index contributed by atoms with van der Waals surface area (Å²) in [7, 11) is -4.00. The zero-order valence-electron chi connectivity index (χ0n) is 15.7. The van der Waals surface area contributed by atoms with E-state index in [2.05, 4.69) is 44.7 Å². The molecule has 0 spiro atoms. The van der Waals surface area contributed by atoms with Crippen LogP contribution in [0.25, 0.3) is 22.1 Å². The molecule has 11 heteroatoms. The number of nitrogens with one attached hydrogen (secondary N) is 2. The van der Waals surface area contributed by atoms with Gasteiger partial charge in [0.25, 0.3) is 10.0 Å². The lowest BCUT2D eigenvalue weighted by Crippen LogP contribution is -2.16. The Morgan fingerprint density at radius 3 is 2.23 bits per heavy atom. The minimum atomic E-state index is -4.00. The van der Waals surface area contributed by atoms with E-state index in [0.717, 1.165) is 21.9 Å². The third-order valence-electron chi connectivity index (χ3n) is 4.47. The van der Waals surface area contributed by atoms with Crippen molar-refractivity contribution in [3.05, 3.63) is 71.2 Å². The van der Waals surface area contributed by atoms with Crippen LogP contribution in [-0.2, 0) is 10.0 Å². The number of rotatable bonds is 5. The SMILES string of the molecule is O=S(=O)(Nc1nc2ccccc2nc1Nc1ccccc1Br)c1cccc2nsnc12. The molecule has 2 heterocycles. The number of hydrogen-bond acceptors (Lipinski definition) is 8. The maximum absolute atomic E-state index is 13.2. The topological polar surface area (TPSA) is 110 Å². The maximum Gasteiger partial charge on any atom is 0.265 e. The van der Waals surface area contributed by atoms with E-state index in [1.807, 2.05) is 42.5 Å². The molecule has 5 aromatic rings. The fraction of sp³-hybridized carbons (Fsp3) is 0. The number of benzene rings is 3. The summed E-state index contributed by atoms with van der Waals surface area (Å²) in [5.41, 5.74) is 2.74. The molecule has 5 rings (SSSR count). The highest BCUT2D eigenvalue weighted by molar-refractivity contribution is 9.10. The van der Waals surface area contributed by atoms with Gasteiger partial charge in [0.05, 0.1) is 28.4 Å². The number of halogens is 1. The molecule has 0 fully saturated rings. The molecule has 154 valence electrons. The number of aromatic nitrogens is 4. The molecule has 0 aliphatic rings. The highest BCUT2D eigenvalue weighted by Crippen LogP contribution is 2.31. The van der Waals surface area contributed by atoms with E-state index in [9.17, 15) is 8.42 Å². The normalized spacial score (nSPS) is 11.6. The Bertz CT molecular complexity index is 1540. The van der Waals surface area contributed by atoms with Gasteiger partial charge in [-0.1, -0.05) is 30.3 Å².